The molecule has 0 unspecified atom stereocenters. The highest BCUT2D eigenvalue weighted by atomic mass is 16.2. The van der Waals surface area contributed by atoms with Gasteiger partial charge in [-0.1, -0.05) is 0 Å². The second-order valence-electron chi connectivity index (χ2n) is 7.01. The second-order valence-corrected chi connectivity index (χ2v) is 7.01. The molecule has 4 amide bonds. The molecule has 5 N–H and O–H groups in total. The zero-order chi connectivity index (χ0) is 19.6. The minimum Gasteiger partial charge on any atom is -0.368 e. The smallest absolute Gasteiger partial charge is 0.246 e. The summed E-state index contributed by atoms with van der Waals surface area (Å²) in [6.07, 6.45) is 3.68. The van der Waals surface area contributed by atoms with E-state index in [9.17, 15) is 19.2 Å². The standard InChI is InChI=1S/C17H24N6O4/c1-9-19-8-10(20-9)7-12(22-16(26)11-4-5-14(24)21-11)17(27)23-6-2-3-13(23)15(18)25/h8,11-13H,2-7H2,1H3,(H2,18,25)(H,19,20)(H,21,24)(H,22,26)/t11-,12-,13-/m0/s1. The van der Waals surface area contributed by atoms with E-state index >= 15 is 0 Å². The second kappa shape index (κ2) is 7.77. The molecular formula is C17H24N6O4. The van der Waals surface area contributed by atoms with Crippen molar-refractivity contribution in [2.24, 2.45) is 5.73 Å². The SMILES string of the molecule is Cc1ncc(C[C@H](NC(=O)[C@@H]2CCC(=O)N2)C(=O)N2CCC[C@H]2C(N)=O)[nH]1. The van der Waals surface area contributed by atoms with Crippen molar-refractivity contribution in [1.29, 1.82) is 0 Å². The minimum absolute atomic E-state index is 0.185. The Morgan fingerprint density at radius 2 is 2.19 bits per heavy atom. The van der Waals surface area contributed by atoms with Gasteiger partial charge in [0.1, 0.15) is 23.9 Å². The van der Waals surface area contributed by atoms with E-state index in [2.05, 4.69) is 20.6 Å². The topological polar surface area (TPSA) is 150 Å². The number of H-pyrrole nitrogens is 1. The molecule has 1 aromatic rings. The van der Waals surface area contributed by atoms with Gasteiger partial charge >= 0.3 is 0 Å². The molecule has 3 heterocycles. The van der Waals surface area contributed by atoms with Gasteiger partial charge in [0, 0.05) is 31.3 Å². The van der Waals surface area contributed by atoms with E-state index in [1.807, 2.05) is 0 Å². The third-order valence-electron chi connectivity index (χ3n) is 4.97. The first-order chi connectivity index (χ1) is 12.8. The van der Waals surface area contributed by atoms with Gasteiger partial charge in [0.05, 0.1) is 0 Å². The van der Waals surface area contributed by atoms with Crippen molar-refractivity contribution in [2.45, 2.75) is 57.2 Å². The molecule has 1 aromatic heterocycles. The maximum absolute atomic E-state index is 13.1. The Kier molecular flexibility index (Phi) is 5.43. The molecule has 10 nitrogen and oxygen atoms in total. The zero-order valence-electron chi connectivity index (χ0n) is 15.2. The minimum atomic E-state index is -0.880. The zero-order valence-corrected chi connectivity index (χ0v) is 15.2. The Balaban J connectivity index is 1.76. The number of likely N-dealkylation sites (tertiary alicyclic amines) is 1. The molecule has 3 rings (SSSR count). The number of nitrogens with one attached hydrogen (secondary N) is 3. The summed E-state index contributed by atoms with van der Waals surface area (Å²) in [6, 6.07) is -2.19. The van der Waals surface area contributed by atoms with Gasteiger partial charge in [-0.3, -0.25) is 19.2 Å². The number of amides is 4. The number of aryl methyl sites for hydroxylation is 1. The van der Waals surface area contributed by atoms with Crippen molar-refractivity contribution in [3.63, 3.8) is 0 Å². The van der Waals surface area contributed by atoms with Crippen molar-refractivity contribution in [2.75, 3.05) is 6.54 Å². The van der Waals surface area contributed by atoms with Crippen LogP contribution in [0.25, 0.3) is 0 Å². The van der Waals surface area contributed by atoms with E-state index in [1.165, 1.54) is 4.90 Å². The van der Waals surface area contributed by atoms with Crippen LogP contribution in [0.15, 0.2) is 6.20 Å². The average Bonchev–Trinajstić information content (AvgIpc) is 3.34. The van der Waals surface area contributed by atoms with Gasteiger partial charge in [-0.2, -0.15) is 0 Å². The predicted octanol–water partition coefficient (Wildman–Crippen LogP) is -1.50. The lowest BCUT2D eigenvalue weighted by Gasteiger charge is -2.28. The molecule has 2 aliphatic rings. The van der Waals surface area contributed by atoms with E-state index < -0.39 is 29.9 Å². The molecule has 0 saturated carbocycles. The van der Waals surface area contributed by atoms with Crippen molar-refractivity contribution in [3.8, 4) is 0 Å². The lowest BCUT2D eigenvalue weighted by molar-refractivity contribution is -0.140. The van der Waals surface area contributed by atoms with Crippen molar-refractivity contribution in [1.82, 2.24) is 25.5 Å². The van der Waals surface area contributed by atoms with Gasteiger partial charge < -0.3 is 26.3 Å². The molecule has 146 valence electrons. The molecule has 2 aliphatic heterocycles. The van der Waals surface area contributed by atoms with Crippen LogP contribution in [0.2, 0.25) is 0 Å². The van der Waals surface area contributed by atoms with Crippen molar-refractivity contribution in [3.05, 3.63) is 17.7 Å². The average molecular weight is 376 g/mol. The molecule has 0 bridgehead atoms. The molecule has 3 atom stereocenters. The third-order valence-corrected chi connectivity index (χ3v) is 4.97. The number of rotatable bonds is 6. The van der Waals surface area contributed by atoms with Crippen LogP contribution in [0.4, 0.5) is 0 Å². The quantitative estimate of drug-likeness (QED) is 0.476. The fraction of sp³-hybridized carbons (Fsp3) is 0.588. The summed E-state index contributed by atoms with van der Waals surface area (Å²) in [6.45, 7) is 2.21. The Morgan fingerprint density at radius 3 is 2.78 bits per heavy atom. The molecule has 2 fully saturated rings. The lowest BCUT2D eigenvalue weighted by Crippen LogP contribution is -2.56. The van der Waals surface area contributed by atoms with Crippen LogP contribution in [0.5, 0.6) is 0 Å². The molecule has 0 radical (unpaired) electrons. The number of carbonyl (C=O) groups excluding carboxylic acids is 4. The summed E-state index contributed by atoms with van der Waals surface area (Å²) in [5.41, 5.74) is 6.11. The highest BCUT2D eigenvalue weighted by Crippen LogP contribution is 2.19. The lowest BCUT2D eigenvalue weighted by atomic mass is 10.1. The van der Waals surface area contributed by atoms with Crippen LogP contribution in [0.3, 0.4) is 0 Å². The number of imidazole rings is 1. The van der Waals surface area contributed by atoms with Gasteiger partial charge in [0.25, 0.3) is 0 Å². The first-order valence-electron chi connectivity index (χ1n) is 9.05. The number of aromatic nitrogens is 2. The highest BCUT2D eigenvalue weighted by molar-refractivity contribution is 5.95. The predicted molar refractivity (Wildman–Crippen MR) is 94.1 cm³/mol. The molecule has 0 spiro atoms. The van der Waals surface area contributed by atoms with Crippen LogP contribution in [-0.2, 0) is 25.6 Å². The van der Waals surface area contributed by atoms with Crippen molar-refractivity contribution >= 4 is 23.6 Å². The normalized spacial score (nSPS) is 23.1. The number of hydrogen-bond acceptors (Lipinski definition) is 5. The Labute approximate surface area is 156 Å². The molecular weight excluding hydrogens is 352 g/mol. The summed E-state index contributed by atoms with van der Waals surface area (Å²) in [5.74, 6) is -0.810. The molecule has 27 heavy (non-hydrogen) atoms. The maximum Gasteiger partial charge on any atom is 0.246 e. The molecule has 0 aromatic carbocycles. The van der Waals surface area contributed by atoms with Crippen LogP contribution in [-0.4, -0.2) is 63.2 Å². The van der Waals surface area contributed by atoms with E-state index in [4.69, 9.17) is 5.73 Å². The van der Waals surface area contributed by atoms with Crippen LogP contribution in [0.1, 0.15) is 37.2 Å². The summed E-state index contributed by atoms with van der Waals surface area (Å²) >= 11 is 0. The van der Waals surface area contributed by atoms with Gasteiger partial charge in [-0.05, 0) is 26.2 Å². The summed E-state index contributed by atoms with van der Waals surface area (Å²) in [7, 11) is 0. The summed E-state index contributed by atoms with van der Waals surface area (Å²) in [5, 5.41) is 5.32. The summed E-state index contributed by atoms with van der Waals surface area (Å²) in [4.78, 5) is 57.2. The van der Waals surface area contributed by atoms with E-state index in [1.54, 1.807) is 13.1 Å². The number of hydrogen-bond donors (Lipinski definition) is 4. The largest absolute Gasteiger partial charge is 0.368 e. The molecule has 2 saturated heterocycles. The Morgan fingerprint density at radius 1 is 1.41 bits per heavy atom. The van der Waals surface area contributed by atoms with Gasteiger partial charge in [-0.25, -0.2) is 4.98 Å². The number of carbonyl (C=O) groups is 4. The van der Waals surface area contributed by atoms with Crippen LogP contribution >= 0.6 is 0 Å². The van der Waals surface area contributed by atoms with E-state index in [0.29, 0.717) is 37.3 Å². The monoisotopic (exact) mass is 376 g/mol. The number of primary amides is 1. The fourth-order valence-corrected chi connectivity index (χ4v) is 3.60. The highest BCUT2D eigenvalue weighted by Gasteiger charge is 2.38. The van der Waals surface area contributed by atoms with Crippen LogP contribution < -0.4 is 16.4 Å². The van der Waals surface area contributed by atoms with Gasteiger partial charge in [-0.15, -0.1) is 0 Å². The number of nitrogens with zero attached hydrogens (tertiary/aromatic N) is 2. The van der Waals surface area contributed by atoms with Crippen molar-refractivity contribution < 1.29 is 19.2 Å². The van der Waals surface area contributed by atoms with Crippen LogP contribution in [0, 0.1) is 6.92 Å². The number of nitrogens with two attached hydrogens (primary N) is 1. The first kappa shape index (κ1) is 18.9. The van der Waals surface area contributed by atoms with E-state index in [0.717, 1.165) is 0 Å². The molecule has 0 aliphatic carbocycles. The van der Waals surface area contributed by atoms with Gasteiger partial charge in [0.2, 0.25) is 23.6 Å². The maximum atomic E-state index is 13.1. The summed E-state index contributed by atoms with van der Waals surface area (Å²) < 4.78 is 0. The third kappa shape index (κ3) is 4.26. The first-order valence-corrected chi connectivity index (χ1v) is 9.05. The Hall–Kier alpha value is -2.91. The fourth-order valence-electron chi connectivity index (χ4n) is 3.60. The van der Waals surface area contributed by atoms with Gasteiger partial charge in [0.15, 0.2) is 0 Å². The Bertz CT molecular complexity index is 760. The van der Waals surface area contributed by atoms with E-state index in [-0.39, 0.29) is 24.7 Å². The number of aromatic amines is 1. The molecule has 10 heteroatoms.